The van der Waals surface area contributed by atoms with Crippen LogP contribution in [0.4, 0.5) is 13.2 Å². The number of hydrogen-bond donors (Lipinski definition) is 0. The molecule has 0 amide bonds. The van der Waals surface area contributed by atoms with Gasteiger partial charge in [0, 0.05) is 0 Å². The molecular weight excluding hydrogens is 307 g/mol. The fourth-order valence-electron chi connectivity index (χ4n) is 1.15. The van der Waals surface area contributed by atoms with Crippen LogP contribution in [0.1, 0.15) is 5.69 Å². The first-order valence-electron chi connectivity index (χ1n) is 5.98. The van der Waals surface area contributed by atoms with Gasteiger partial charge in [0.25, 0.3) is 0 Å². The smallest absolute Gasteiger partial charge is 0.440 e. The minimum absolute atomic E-state index is 0.176. The van der Waals surface area contributed by atoms with E-state index in [1.165, 1.54) is 0 Å². The molecule has 1 aromatic heterocycles. The lowest BCUT2D eigenvalue weighted by Gasteiger charge is -2.22. The minimum atomic E-state index is -4.66. The maximum absolute atomic E-state index is 12.9. The van der Waals surface area contributed by atoms with Crippen molar-refractivity contribution in [3.8, 4) is 11.9 Å². The molecule has 0 saturated heterocycles. The van der Waals surface area contributed by atoms with Crippen molar-refractivity contribution in [1.82, 2.24) is 15.2 Å². The highest BCUT2D eigenvalue weighted by atomic mass is 28.4. The first kappa shape index (κ1) is 16.9. The van der Waals surface area contributed by atoms with Gasteiger partial charge in [-0.15, -0.1) is 5.10 Å². The SMILES string of the molecule is C[Si](C)(C)Oc1nnc(C(F)(F)F)c(O[Si](C)(C)C)n1. The lowest BCUT2D eigenvalue weighted by atomic mass is 10.4. The lowest BCUT2D eigenvalue weighted by Crippen LogP contribution is -2.33. The molecular formula is C10H18F3N3O2Si2. The van der Waals surface area contributed by atoms with E-state index in [1.807, 2.05) is 19.6 Å². The van der Waals surface area contributed by atoms with E-state index < -0.39 is 34.4 Å². The van der Waals surface area contributed by atoms with Crippen LogP contribution in [0, 0.1) is 0 Å². The highest BCUT2D eigenvalue weighted by Crippen LogP contribution is 2.34. The molecule has 1 rings (SSSR count). The zero-order chi connectivity index (χ0) is 15.8. The van der Waals surface area contributed by atoms with Crippen LogP contribution in [0.2, 0.25) is 39.3 Å². The molecule has 0 fully saturated rings. The van der Waals surface area contributed by atoms with Crippen LogP contribution in [-0.2, 0) is 6.18 Å². The van der Waals surface area contributed by atoms with Crippen LogP contribution in [0.3, 0.4) is 0 Å². The topological polar surface area (TPSA) is 57.1 Å². The number of alkyl halides is 3. The normalized spacial score (nSPS) is 13.2. The van der Waals surface area contributed by atoms with E-state index >= 15 is 0 Å². The van der Waals surface area contributed by atoms with E-state index in [-0.39, 0.29) is 6.01 Å². The summed E-state index contributed by atoms with van der Waals surface area (Å²) in [6.07, 6.45) is -4.66. The molecule has 0 radical (unpaired) electrons. The molecule has 1 heterocycles. The van der Waals surface area contributed by atoms with Gasteiger partial charge in [0.15, 0.2) is 0 Å². The predicted molar refractivity (Wildman–Crippen MR) is 72.8 cm³/mol. The van der Waals surface area contributed by atoms with Crippen molar-refractivity contribution in [1.29, 1.82) is 0 Å². The van der Waals surface area contributed by atoms with Gasteiger partial charge in [0.05, 0.1) is 0 Å². The Hall–Kier alpha value is -1.17. The number of rotatable bonds is 4. The number of nitrogens with zero attached hydrogens (tertiary/aromatic N) is 3. The monoisotopic (exact) mass is 325 g/mol. The van der Waals surface area contributed by atoms with Gasteiger partial charge in [-0.1, -0.05) is 5.10 Å². The first-order chi connectivity index (χ1) is 8.78. The third-order valence-corrected chi connectivity index (χ3v) is 3.30. The summed E-state index contributed by atoms with van der Waals surface area (Å²) in [5.74, 6) is -0.556. The molecule has 0 spiro atoms. The summed E-state index contributed by atoms with van der Waals surface area (Å²) in [6, 6.07) is -0.176. The zero-order valence-electron chi connectivity index (χ0n) is 12.3. The zero-order valence-corrected chi connectivity index (χ0v) is 14.3. The summed E-state index contributed by atoms with van der Waals surface area (Å²) >= 11 is 0. The van der Waals surface area contributed by atoms with Gasteiger partial charge < -0.3 is 8.85 Å². The van der Waals surface area contributed by atoms with Crippen LogP contribution in [0.5, 0.6) is 11.9 Å². The van der Waals surface area contributed by atoms with E-state index in [9.17, 15) is 13.2 Å². The van der Waals surface area contributed by atoms with Gasteiger partial charge in [-0.3, -0.25) is 0 Å². The van der Waals surface area contributed by atoms with Crippen molar-refractivity contribution in [2.24, 2.45) is 0 Å². The number of halogens is 3. The van der Waals surface area contributed by atoms with E-state index in [2.05, 4.69) is 15.2 Å². The molecule has 0 atom stereocenters. The van der Waals surface area contributed by atoms with Crippen molar-refractivity contribution in [3.63, 3.8) is 0 Å². The third-order valence-electron chi connectivity index (χ3n) is 1.70. The molecule has 0 aliphatic heterocycles. The van der Waals surface area contributed by atoms with Gasteiger partial charge >= 0.3 is 12.2 Å². The second-order valence-corrected chi connectivity index (χ2v) is 15.0. The van der Waals surface area contributed by atoms with Crippen LogP contribution < -0.4 is 8.85 Å². The molecule has 0 aliphatic rings. The summed E-state index contributed by atoms with van der Waals surface area (Å²) in [5, 5.41) is 6.56. The fourth-order valence-corrected chi connectivity index (χ4v) is 2.51. The van der Waals surface area contributed by atoms with Gasteiger partial charge in [-0.25, -0.2) is 0 Å². The van der Waals surface area contributed by atoms with Gasteiger partial charge in [-0.05, 0) is 39.3 Å². The maximum Gasteiger partial charge on any atom is 0.440 e. The fraction of sp³-hybridized carbons (Fsp3) is 0.700. The Morgan fingerprint density at radius 1 is 0.850 bits per heavy atom. The average Bonchev–Trinajstić information content (AvgIpc) is 2.09. The Morgan fingerprint density at radius 2 is 1.35 bits per heavy atom. The van der Waals surface area contributed by atoms with E-state index in [4.69, 9.17) is 8.85 Å². The molecule has 0 bridgehead atoms. The highest BCUT2D eigenvalue weighted by molar-refractivity contribution is 6.70. The Bertz CT molecular complexity index is 484. The summed E-state index contributed by atoms with van der Waals surface area (Å²) in [7, 11) is -4.30. The highest BCUT2D eigenvalue weighted by Gasteiger charge is 2.40. The molecule has 0 aliphatic carbocycles. The molecule has 0 unspecified atom stereocenters. The minimum Gasteiger partial charge on any atom is -0.530 e. The summed E-state index contributed by atoms with van der Waals surface area (Å²) in [4.78, 5) is 3.74. The molecule has 5 nitrogen and oxygen atoms in total. The Balaban J connectivity index is 3.22. The average molecular weight is 325 g/mol. The first-order valence-corrected chi connectivity index (χ1v) is 12.8. The molecule has 0 N–H and O–H groups in total. The standard InChI is InChI=1S/C10H18F3N3O2Si2/c1-19(2,3)17-8-7(10(11,12)13)15-16-9(14-8)18-20(4,5)6/h1-6H3. The second kappa shape index (κ2) is 5.32. The molecule has 20 heavy (non-hydrogen) atoms. The quantitative estimate of drug-likeness (QED) is 0.795. The molecule has 114 valence electrons. The van der Waals surface area contributed by atoms with Gasteiger partial charge in [0.1, 0.15) is 0 Å². The van der Waals surface area contributed by atoms with Crippen LogP contribution >= 0.6 is 0 Å². The maximum atomic E-state index is 12.9. The van der Waals surface area contributed by atoms with E-state index in [0.29, 0.717) is 0 Å². The third kappa shape index (κ3) is 5.45. The lowest BCUT2D eigenvalue weighted by molar-refractivity contribution is -0.143. The Morgan fingerprint density at radius 3 is 1.75 bits per heavy atom. The molecule has 0 saturated carbocycles. The van der Waals surface area contributed by atoms with Crippen molar-refractivity contribution in [3.05, 3.63) is 5.69 Å². The molecule has 1 aromatic rings. The summed E-state index contributed by atoms with van der Waals surface area (Å²) in [6.45, 7) is 10.9. The van der Waals surface area contributed by atoms with Crippen LogP contribution in [0.15, 0.2) is 0 Å². The van der Waals surface area contributed by atoms with Crippen molar-refractivity contribution in [2.75, 3.05) is 0 Å². The summed E-state index contributed by atoms with van der Waals surface area (Å²) < 4.78 is 49.4. The molecule has 10 heteroatoms. The Labute approximate surface area is 117 Å². The van der Waals surface area contributed by atoms with E-state index in [1.54, 1.807) is 19.6 Å². The second-order valence-electron chi connectivity index (χ2n) is 6.17. The van der Waals surface area contributed by atoms with Crippen molar-refractivity contribution in [2.45, 2.75) is 45.5 Å². The number of hydrogen-bond acceptors (Lipinski definition) is 5. The van der Waals surface area contributed by atoms with Crippen LogP contribution in [-0.4, -0.2) is 31.8 Å². The van der Waals surface area contributed by atoms with Crippen LogP contribution in [0.25, 0.3) is 0 Å². The van der Waals surface area contributed by atoms with Gasteiger partial charge in [0.2, 0.25) is 28.2 Å². The largest absolute Gasteiger partial charge is 0.530 e. The number of aromatic nitrogens is 3. The Kier molecular flexibility index (Phi) is 4.49. The molecule has 0 aromatic carbocycles. The predicted octanol–water partition coefficient (Wildman–Crippen LogP) is 3.32. The van der Waals surface area contributed by atoms with Crippen molar-refractivity contribution < 1.29 is 22.0 Å². The summed E-state index contributed by atoms with van der Waals surface area (Å²) in [5.41, 5.74) is -1.22. The van der Waals surface area contributed by atoms with E-state index in [0.717, 1.165) is 0 Å². The van der Waals surface area contributed by atoms with Crippen molar-refractivity contribution >= 4 is 16.6 Å². The van der Waals surface area contributed by atoms with Gasteiger partial charge in [-0.2, -0.15) is 18.2 Å².